The SMILES string of the molecule is CCCN(CCN(C)C)Cc1ccc(C#CCO)cc1. The summed E-state index contributed by atoms with van der Waals surface area (Å²) in [7, 11) is 4.22. The molecule has 0 fully saturated rings. The van der Waals surface area contributed by atoms with Gasteiger partial charge in [-0.25, -0.2) is 0 Å². The molecule has 0 unspecified atom stereocenters. The number of aliphatic hydroxyl groups excluding tert-OH is 1. The maximum Gasteiger partial charge on any atom is 0.104 e. The van der Waals surface area contributed by atoms with Crippen molar-refractivity contribution in [2.75, 3.05) is 40.3 Å². The summed E-state index contributed by atoms with van der Waals surface area (Å²) in [5.74, 6) is 5.59. The van der Waals surface area contributed by atoms with Crippen molar-refractivity contribution in [2.24, 2.45) is 0 Å². The Kier molecular flexibility index (Phi) is 7.98. The first-order valence-corrected chi connectivity index (χ1v) is 7.21. The molecule has 0 saturated carbocycles. The van der Waals surface area contributed by atoms with Gasteiger partial charge in [0.2, 0.25) is 0 Å². The van der Waals surface area contributed by atoms with Crippen LogP contribution in [-0.2, 0) is 6.54 Å². The van der Waals surface area contributed by atoms with E-state index in [4.69, 9.17) is 5.11 Å². The van der Waals surface area contributed by atoms with Gasteiger partial charge in [0.1, 0.15) is 6.61 Å². The number of rotatable bonds is 7. The first-order valence-electron chi connectivity index (χ1n) is 7.21. The van der Waals surface area contributed by atoms with Crippen molar-refractivity contribution in [2.45, 2.75) is 19.9 Å². The molecule has 1 N–H and O–H groups in total. The maximum absolute atomic E-state index is 8.68. The Morgan fingerprint density at radius 2 is 1.75 bits per heavy atom. The molecule has 0 aliphatic rings. The summed E-state index contributed by atoms with van der Waals surface area (Å²) in [6, 6.07) is 8.29. The van der Waals surface area contributed by atoms with Crippen LogP contribution in [0, 0.1) is 11.8 Å². The van der Waals surface area contributed by atoms with Crippen LogP contribution in [0.2, 0.25) is 0 Å². The Balaban J connectivity index is 2.58. The summed E-state index contributed by atoms with van der Waals surface area (Å²) in [5.41, 5.74) is 2.27. The summed E-state index contributed by atoms with van der Waals surface area (Å²) in [6.45, 7) is 6.41. The molecule has 0 heterocycles. The van der Waals surface area contributed by atoms with Crippen molar-refractivity contribution in [1.29, 1.82) is 0 Å². The van der Waals surface area contributed by atoms with E-state index in [-0.39, 0.29) is 6.61 Å². The fraction of sp³-hybridized carbons (Fsp3) is 0.529. The predicted molar refractivity (Wildman–Crippen MR) is 84.5 cm³/mol. The Hall–Kier alpha value is -1.34. The van der Waals surface area contributed by atoms with Gasteiger partial charge in [-0.15, -0.1) is 0 Å². The van der Waals surface area contributed by atoms with Gasteiger partial charge in [-0.05, 0) is 44.8 Å². The van der Waals surface area contributed by atoms with Crippen LogP contribution in [-0.4, -0.2) is 55.2 Å². The zero-order chi connectivity index (χ0) is 14.8. The molecule has 0 aromatic heterocycles. The Labute approximate surface area is 123 Å². The fourth-order valence-corrected chi connectivity index (χ4v) is 2.02. The molecule has 110 valence electrons. The number of benzene rings is 1. The zero-order valence-electron chi connectivity index (χ0n) is 12.9. The van der Waals surface area contributed by atoms with Crippen molar-refractivity contribution in [1.82, 2.24) is 9.80 Å². The average Bonchev–Trinajstić information content (AvgIpc) is 2.44. The third kappa shape index (κ3) is 6.72. The molecule has 0 atom stereocenters. The second-order valence-corrected chi connectivity index (χ2v) is 5.24. The first kappa shape index (κ1) is 16.7. The molecule has 0 bridgehead atoms. The molecule has 3 heteroatoms. The van der Waals surface area contributed by atoms with E-state index >= 15 is 0 Å². The van der Waals surface area contributed by atoms with Crippen LogP contribution in [0.3, 0.4) is 0 Å². The minimum absolute atomic E-state index is 0.0867. The van der Waals surface area contributed by atoms with Crippen molar-refractivity contribution in [3.8, 4) is 11.8 Å². The lowest BCUT2D eigenvalue weighted by molar-refractivity contribution is 0.234. The highest BCUT2D eigenvalue weighted by atomic mass is 16.2. The van der Waals surface area contributed by atoms with E-state index in [1.54, 1.807) is 0 Å². The predicted octanol–water partition coefficient (Wildman–Crippen LogP) is 1.80. The van der Waals surface area contributed by atoms with Gasteiger partial charge in [-0.2, -0.15) is 0 Å². The topological polar surface area (TPSA) is 26.7 Å². The normalized spacial score (nSPS) is 10.7. The number of nitrogens with zero attached hydrogens (tertiary/aromatic N) is 2. The smallest absolute Gasteiger partial charge is 0.104 e. The third-order valence-corrected chi connectivity index (χ3v) is 3.08. The third-order valence-electron chi connectivity index (χ3n) is 3.08. The number of likely N-dealkylation sites (N-methyl/N-ethyl adjacent to an activating group) is 1. The van der Waals surface area contributed by atoms with Crippen molar-refractivity contribution < 1.29 is 5.11 Å². The van der Waals surface area contributed by atoms with Gasteiger partial charge >= 0.3 is 0 Å². The Bertz CT molecular complexity index is 429. The van der Waals surface area contributed by atoms with E-state index in [9.17, 15) is 0 Å². The molecule has 0 amide bonds. The number of aliphatic hydroxyl groups is 1. The lowest BCUT2D eigenvalue weighted by Crippen LogP contribution is -2.32. The fourth-order valence-electron chi connectivity index (χ4n) is 2.02. The molecule has 0 radical (unpaired) electrons. The van der Waals surface area contributed by atoms with E-state index in [1.807, 2.05) is 12.1 Å². The zero-order valence-corrected chi connectivity index (χ0v) is 12.9. The van der Waals surface area contributed by atoms with Gasteiger partial charge < -0.3 is 10.0 Å². The highest BCUT2D eigenvalue weighted by Gasteiger charge is 2.05. The second kappa shape index (κ2) is 9.55. The average molecular weight is 274 g/mol. The molecule has 1 rings (SSSR count). The van der Waals surface area contributed by atoms with Gasteiger partial charge in [0, 0.05) is 25.2 Å². The lowest BCUT2D eigenvalue weighted by Gasteiger charge is -2.23. The second-order valence-electron chi connectivity index (χ2n) is 5.24. The minimum atomic E-state index is -0.0867. The Morgan fingerprint density at radius 3 is 2.30 bits per heavy atom. The van der Waals surface area contributed by atoms with E-state index in [0.717, 1.165) is 31.7 Å². The number of hydrogen-bond donors (Lipinski definition) is 1. The maximum atomic E-state index is 8.68. The summed E-state index contributed by atoms with van der Waals surface area (Å²) >= 11 is 0. The van der Waals surface area contributed by atoms with E-state index < -0.39 is 0 Å². The van der Waals surface area contributed by atoms with Crippen LogP contribution >= 0.6 is 0 Å². The molecule has 0 aliphatic heterocycles. The quantitative estimate of drug-likeness (QED) is 0.768. The molecular weight excluding hydrogens is 248 g/mol. The summed E-state index contributed by atoms with van der Waals surface area (Å²) < 4.78 is 0. The molecule has 0 aliphatic carbocycles. The van der Waals surface area contributed by atoms with E-state index in [0.29, 0.717) is 0 Å². The standard InChI is InChI=1S/C17H26N2O/c1-4-11-19(13-12-18(2)3)15-17-9-7-16(8-10-17)6-5-14-20/h7-10,20H,4,11-15H2,1-3H3. The van der Waals surface area contributed by atoms with Crippen LogP contribution in [0.4, 0.5) is 0 Å². The highest BCUT2D eigenvalue weighted by molar-refractivity contribution is 5.36. The van der Waals surface area contributed by atoms with Crippen molar-refractivity contribution in [3.05, 3.63) is 35.4 Å². The van der Waals surface area contributed by atoms with Crippen molar-refractivity contribution >= 4 is 0 Å². The summed E-state index contributed by atoms with van der Waals surface area (Å²) in [6.07, 6.45) is 1.17. The van der Waals surface area contributed by atoms with E-state index in [1.165, 1.54) is 12.0 Å². The molecule has 3 nitrogen and oxygen atoms in total. The molecular formula is C17H26N2O. The highest BCUT2D eigenvalue weighted by Crippen LogP contribution is 2.07. The van der Waals surface area contributed by atoms with Crippen LogP contribution in [0.15, 0.2) is 24.3 Å². The van der Waals surface area contributed by atoms with Gasteiger partial charge in [-0.1, -0.05) is 30.9 Å². The largest absolute Gasteiger partial charge is 0.384 e. The number of hydrogen-bond acceptors (Lipinski definition) is 3. The van der Waals surface area contributed by atoms with Gasteiger partial charge in [0.05, 0.1) is 0 Å². The van der Waals surface area contributed by atoms with Crippen LogP contribution in [0.1, 0.15) is 24.5 Å². The molecule has 20 heavy (non-hydrogen) atoms. The molecule has 0 spiro atoms. The molecule has 1 aromatic carbocycles. The minimum Gasteiger partial charge on any atom is -0.384 e. The first-order chi connectivity index (χ1) is 9.65. The lowest BCUT2D eigenvalue weighted by atomic mass is 10.1. The van der Waals surface area contributed by atoms with Gasteiger partial charge in [0.25, 0.3) is 0 Å². The van der Waals surface area contributed by atoms with Gasteiger partial charge in [0.15, 0.2) is 0 Å². The van der Waals surface area contributed by atoms with Crippen LogP contribution in [0.5, 0.6) is 0 Å². The summed E-state index contributed by atoms with van der Waals surface area (Å²) in [4.78, 5) is 4.70. The van der Waals surface area contributed by atoms with Crippen LogP contribution < -0.4 is 0 Å². The monoisotopic (exact) mass is 274 g/mol. The van der Waals surface area contributed by atoms with E-state index in [2.05, 4.69) is 54.8 Å². The molecule has 1 aromatic rings. The van der Waals surface area contributed by atoms with Crippen LogP contribution in [0.25, 0.3) is 0 Å². The summed E-state index contributed by atoms with van der Waals surface area (Å²) in [5, 5.41) is 8.68. The van der Waals surface area contributed by atoms with Crippen molar-refractivity contribution in [3.63, 3.8) is 0 Å². The Morgan fingerprint density at radius 1 is 1.05 bits per heavy atom. The molecule has 0 saturated heterocycles. The van der Waals surface area contributed by atoms with Gasteiger partial charge in [-0.3, -0.25) is 4.90 Å².